The van der Waals surface area contributed by atoms with Crippen LogP contribution in [0.3, 0.4) is 0 Å². The molecule has 84 valence electrons. The van der Waals surface area contributed by atoms with Gasteiger partial charge in [-0.1, -0.05) is 26.7 Å². The minimum absolute atomic E-state index is 0.701. The van der Waals surface area contributed by atoms with Crippen LogP contribution in [0.4, 0.5) is 11.5 Å². The summed E-state index contributed by atoms with van der Waals surface area (Å²) in [6.45, 7) is 7.37. The standard InChI is InChI=1S/C12H21N3/c1-4-10(5-2)8-15-12-11(13)6-9(3)7-14-12/h6-7,10H,4-5,8,13H2,1-3H3,(H,14,15). The third-order valence-corrected chi connectivity index (χ3v) is 2.77. The highest BCUT2D eigenvalue weighted by atomic mass is 15.0. The van der Waals surface area contributed by atoms with Crippen molar-refractivity contribution in [3.05, 3.63) is 17.8 Å². The highest BCUT2D eigenvalue weighted by Gasteiger charge is 2.05. The molecule has 0 spiro atoms. The Morgan fingerprint density at radius 1 is 1.40 bits per heavy atom. The topological polar surface area (TPSA) is 50.9 Å². The van der Waals surface area contributed by atoms with Crippen LogP contribution in [0.25, 0.3) is 0 Å². The molecule has 0 aliphatic carbocycles. The van der Waals surface area contributed by atoms with Gasteiger partial charge in [0, 0.05) is 12.7 Å². The Bertz CT molecular complexity index is 306. The molecule has 0 saturated heterocycles. The zero-order valence-electron chi connectivity index (χ0n) is 9.88. The van der Waals surface area contributed by atoms with E-state index in [9.17, 15) is 0 Å². The van der Waals surface area contributed by atoms with Gasteiger partial charge < -0.3 is 11.1 Å². The number of aryl methyl sites for hydroxylation is 1. The van der Waals surface area contributed by atoms with Crippen molar-refractivity contribution in [2.45, 2.75) is 33.6 Å². The Balaban J connectivity index is 2.57. The average molecular weight is 207 g/mol. The van der Waals surface area contributed by atoms with E-state index in [1.807, 2.05) is 19.2 Å². The summed E-state index contributed by atoms with van der Waals surface area (Å²) >= 11 is 0. The molecule has 0 aliphatic rings. The first kappa shape index (κ1) is 11.8. The fourth-order valence-electron chi connectivity index (χ4n) is 1.56. The third kappa shape index (κ3) is 3.42. The molecule has 0 radical (unpaired) electrons. The van der Waals surface area contributed by atoms with E-state index in [2.05, 4.69) is 24.1 Å². The van der Waals surface area contributed by atoms with Gasteiger partial charge >= 0.3 is 0 Å². The van der Waals surface area contributed by atoms with Crippen LogP contribution in [0.5, 0.6) is 0 Å². The van der Waals surface area contributed by atoms with Crippen molar-refractivity contribution in [3.63, 3.8) is 0 Å². The minimum Gasteiger partial charge on any atom is -0.396 e. The molecule has 15 heavy (non-hydrogen) atoms. The lowest BCUT2D eigenvalue weighted by Crippen LogP contribution is -2.14. The second kappa shape index (κ2) is 5.59. The van der Waals surface area contributed by atoms with Gasteiger partial charge in [0.2, 0.25) is 0 Å². The second-order valence-electron chi connectivity index (χ2n) is 4.01. The number of hydrogen-bond acceptors (Lipinski definition) is 3. The Morgan fingerprint density at radius 3 is 2.60 bits per heavy atom. The predicted molar refractivity (Wildman–Crippen MR) is 65.9 cm³/mol. The quantitative estimate of drug-likeness (QED) is 0.780. The summed E-state index contributed by atoms with van der Waals surface area (Å²) in [6, 6.07) is 1.95. The molecule has 3 heteroatoms. The number of hydrogen-bond donors (Lipinski definition) is 2. The molecule has 0 aliphatic heterocycles. The summed E-state index contributed by atoms with van der Waals surface area (Å²) in [6.07, 6.45) is 4.22. The van der Waals surface area contributed by atoms with E-state index in [0.29, 0.717) is 5.92 Å². The first-order valence-electron chi connectivity index (χ1n) is 5.63. The maximum absolute atomic E-state index is 5.87. The van der Waals surface area contributed by atoms with E-state index in [0.717, 1.165) is 23.6 Å². The van der Waals surface area contributed by atoms with Crippen LogP contribution in [0.1, 0.15) is 32.3 Å². The lowest BCUT2D eigenvalue weighted by Gasteiger charge is -2.14. The normalized spacial score (nSPS) is 10.7. The van der Waals surface area contributed by atoms with Gasteiger partial charge in [0.25, 0.3) is 0 Å². The molecule has 0 fully saturated rings. The van der Waals surface area contributed by atoms with E-state index < -0.39 is 0 Å². The van der Waals surface area contributed by atoms with Gasteiger partial charge in [-0.15, -0.1) is 0 Å². The monoisotopic (exact) mass is 207 g/mol. The van der Waals surface area contributed by atoms with Crippen LogP contribution in [-0.4, -0.2) is 11.5 Å². The maximum atomic E-state index is 5.87. The first-order valence-corrected chi connectivity index (χ1v) is 5.63. The van der Waals surface area contributed by atoms with Crippen molar-refractivity contribution in [1.82, 2.24) is 4.98 Å². The molecule has 0 atom stereocenters. The van der Waals surface area contributed by atoms with Crippen molar-refractivity contribution in [1.29, 1.82) is 0 Å². The van der Waals surface area contributed by atoms with Crippen molar-refractivity contribution in [2.75, 3.05) is 17.6 Å². The van der Waals surface area contributed by atoms with E-state index >= 15 is 0 Å². The third-order valence-electron chi connectivity index (χ3n) is 2.77. The maximum Gasteiger partial charge on any atom is 0.149 e. The zero-order valence-corrected chi connectivity index (χ0v) is 9.88. The summed E-state index contributed by atoms with van der Waals surface area (Å²) in [5.74, 6) is 1.51. The van der Waals surface area contributed by atoms with Crippen LogP contribution in [0, 0.1) is 12.8 Å². The van der Waals surface area contributed by atoms with Gasteiger partial charge in [0.1, 0.15) is 5.82 Å². The molecule has 0 saturated carbocycles. The van der Waals surface area contributed by atoms with Crippen molar-refractivity contribution >= 4 is 11.5 Å². The number of anilines is 2. The van der Waals surface area contributed by atoms with Gasteiger partial charge in [-0.25, -0.2) is 4.98 Å². The highest BCUT2D eigenvalue weighted by molar-refractivity contribution is 5.61. The Labute approximate surface area is 92.1 Å². The molecule has 0 amide bonds. The minimum atomic E-state index is 0.701. The number of nitrogens with zero attached hydrogens (tertiary/aromatic N) is 1. The number of pyridine rings is 1. The van der Waals surface area contributed by atoms with Crippen molar-refractivity contribution in [3.8, 4) is 0 Å². The van der Waals surface area contributed by atoms with Crippen LogP contribution >= 0.6 is 0 Å². The Kier molecular flexibility index (Phi) is 4.40. The molecule has 0 unspecified atom stereocenters. The molecule has 3 nitrogen and oxygen atoms in total. The molecule has 3 N–H and O–H groups in total. The number of nitrogens with one attached hydrogen (secondary N) is 1. The second-order valence-corrected chi connectivity index (χ2v) is 4.01. The lowest BCUT2D eigenvalue weighted by atomic mass is 10.0. The predicted octanol–water partition coefficient (Wildman–Crippen LogP) is 2.82. The van der Waals surface area contributed by atoms with Crippen LogP contribution in [-0.2, 0) is 0 Å². The smallest absolute Gasteiger partial charge is 0.149 e. The van der Waals surface area contributed by atoms with E-state index in [-0.39, 0.29) is 0 Å². The SMILES string of the molecule is CCC(CC)CNc1ncc(C)cc1N. The molecule has 1 aromatic rings. The van der Waals surface area contributed by atoms with Gasteiger partial charge in [-0.2, -0.15) is 0 Å². The summed E-state index contributed by atoms with van der Waals surface area (Å²) in [4.78, 5) is 4.28. The van der Waals surface area contributed by atoms with Gasteiger partial charge in [0.05, 0.1) is 5.69 Å². The molecule has 1 heterocycles. The fraction of sp³-hybridized carbons (Fsp3) is 0.583. The summed E-state index contributed by atoms with van der Waals surface area (Å²) < 4.78 is 0. The lowest BCUT2D eigenvalue weighted by molar-refractivity contribution is 0.518. The van der Waals surface area contributed by atoms with Crippen molar-refractivity contribution in [2.24, 2.45) is 5.92 Å². The summed E-state index contributed by atoms with van der Waals surface area (Å²) in [5, 5.41) is 3.31. The fourth-order valence-corrected chi connectivity index (χ4v) is 1.56. The largest absolute Gasteiger partial charge is 0.396 e. The molecular formula is C12H21N3. The van der Waals surface area contributed by atoms with Crippen molar-refractivity contribution < 1.29 is 0 Å². The molecular weight excluding hydrogens is 186 g/mol. The van der Waals surface area contributed by atoms with Gasteiger partial charge in [-0.05, 0) is 24.5 Å². The van der Waals surface area contributed by atoms with Gasteiger partial charge in [0.15, 0.2) is 0 Å². The van der Waals surface area contributed by atoms with E-state index in [1.165, 1.54) is 12.8 Å². The number of rotatable bonds is 5. The Hall–Kier alpha value is -1.25. The Morgan fingerprint density at radius 2 is 2.07 bits per heavy atom. The molecule has 1 rings (SSSR count). The summed E-state index contributed by atoms with van der Waals surface area (Å²) in [5.41, 5.74) is 7.70. The molecule has 1 aromatic heterocycles. The van der Waals surface area contributed by atoms with E-state index in [4.69, 9.17) is 5.73 Å². The number of nitrogen functional groups attached to an aromatic ring is 1. The zero-order chi connectivity index (χ0) is 11.3. The van der Waals surface area contributed by atoms with Crippen LogP contribution in [0.15, 0.2) is 12.3 Å². The average Bonchev–Trinajstić information content (AvgIpc) is 2.22. The molecule has 0 bridgehead atoms. The van der Waals surface area contributed by atoms with Crippen LogP contribution in [0.2, 0.25) is 0 Å². The number of aromatic nitrogens is 1. The number of nitrogens with two attached hydrogens (primary N) is 1. The summed E-state index contributed by atoms with van der Waals surface area (Å²) in [7, 11) is 0. The first-order chi connectivity index (χ1) is 7.17. The molecule has 0 aromatic carbocycles. The van der Waals surface area contributed by atoms with Gasteiger partial charge in [-0.3, -0.25) is 0 Å². The van der Waals surface area contributed by atoms with E-state index in [1.54, 1.807) is 0 Å². The van der Waals surface area contributed by atoms with Crippen LogP contribution < -0.4 is 11.1 Å². The highest BCUT2D eigenvalue weighted by Crippen LogP contribution is 2.17.